The summed E-state index contributed by atoms with van der Waals surface area (Å²) in [5.41, 5.74) is 8.52. The fourth-order valence-corrected chi connectivity index (χ4v) is 2.33. The van der Waals surface area contributed by atoms with Crippen molar-refractivity contribution in [1.29, 1.82) is 0 Å². The van der Waals surface area contributed by atoms with E-state index >= 15 is 0 Å². The van der Waals surface area contributed by atoms with Crippen LogP contribution in [0, 0.1) is 5.92 Å². The van der Waals surface area contributed by atoms with E-state index in [0.717, 1.165) is 6.42 Å². The van der Waals surface area contributed by atoms with E-state index in [0.29, 0.717) is 27.8 Å². The molecule has 20 heavy (non-hydrogen) atoms. The fraction of sp³-hybridized carbons (Fsp3) is 0.235. The number of anilines is 1. The molecule has 0 unspecified atom stereocenters. The van der Waals surface area contributed by atoms with Crippen LogP contribution in [0.25, 0.3) is 0 Å². The molecule has 0 saturated carbocycles. The molecular weight excluding hydrogens is 270 g/mol. The lowest BCUT2D eigenvalue weighted by atomic mass is 9.98. The molecule has 2 N–H and O–H groups in total. The van der Waals surface area contributed by atoms with Crippen LogP contribution in [0.15, 0.2) is 42.5 Å². The Balaban J connectivity index is 2.27. The molecule has 0 aliphatic heterocycles. The number of rotatable bonds is 4. The number of nitrogen functional groups attached to an aromatic ring is 1. The Labute approximate surface area is 124 Å². The molecule has 0 bridgehead atoms. The predicted octanol–water partition coefficient (Wildman–Crippen LogP) is 4.35. The van der Waals surface area contributed by atoms with Gasteiger partial charge in [-0.25, -0.2) is 0 Å². The van der Waals surface area contributed by atoms with E-state index in [9.17, 15) is 4.79 Å². The average molecular weight is 288 g/mol. The van der Waals surface area contributed by atoms with Gasteiger partial charge in [0.15, 0.2) is 5.78 Å². The Kier molecular flexibility index (Phi) is 4.46. The number of carbonyl (C=O) groups excluding carboxylic acids is 1. The Morgan fingerprint density at radius 1 is 1.15 bits per heavy atom. The monoisotopic (exact) mass is 287 g/mol. The molecule has 2 aromatic rings. The lowest BCUT2D eigenvalue weighted by Crippen LogP contribution is -2.06. The van der Waals surface area contributed by atoms with Crippen molar-refractivity contribution in [2.75, 3.05) is 5.73 Å². The number of carbonyl (C=O) groups is 1. The number of benzene rings is 2. The highest BCUT2D eigenvalue weighted by Gasteiger charge is 2.13. The first-order valence-electron chi connectivity index (χ1n) is 6.66. The minimum atomic E-state index is -0.0962. The van der Waals surface area contributed by atoms with E-state index in [1.165, 1.54) is 5.56 Å². The third kappa shape index (κ3) is 3.20. The van der Waals surface area contributed by atoms with Gasteiger partial charge in [-0.1, -0.05) is 55.8 Å². The van der Waals surface area contributed by atoms with Gasteiger partial charge in [-0.2, -0.15) is 0 Å². The molecule has 2 rings (SSSR count). The highest BCUT2D eigenvalue weighted by Crippen LogP contribution is 2.25. The summed E-state index contributed by atoms with van der Waals surface area (Å²) in [6.45, 7) is 4.34. The van der Waals surface area contributed by atoms with Crippen LogP contribution in [0.5, 0.6) is 0 Å². The number of hydrogen-bond donors (Lipinski definition) is 1. The number of para-hydroxylation sites is 1. The van der Waals surface area contributed by atoms with E-state index in [4.69, 9.17) is 17.3 Å². The Hall–Kier alpha value is -1.80. The first-order chi connectivity index (χ1) is 9.49. The molecule has 0 amide bonds. The van der Waals surface area contributed by atoms with Gasteiger partial charge in [-0.3, -0.25) is 4.79 Å². The molecule has 0 aliphatic carbocycles. The van der Waals surface area contributed by atoms with Crippen molar-refractivity contribution in [2.24, 2.45) is 5.92 Å². The van der Waals surface area contributed by atoms with Crippen LogP contribution in [-0.2, 0) is 6.42 Å². The third-order valence-electron chi connectivity index (χ3n) is 3.16. The first kappa shape index (κ1) is 14.6. The maximum absolute atomic E-state index is 12.4. The van der Waals surface area contributed by atoms with E-state index < -0.39 is 0 Å². The van der Waals surface area contributed by atoms with Crippen molar-refractivity contribution in [3.8, 4) is 0 Å². The van der Waals surface area contributed by atoms with Crippen LogP contribution in [0.2, 0.25) is 5.02 Å². The lowest BCUT2D eigenvalue weighted by molar-refractivity contribution is 0.103. The van der Waals surface area contributed by atoms with Crippen LogP contribution >= 0.6 is 11.6 Å². The molecule has 0 fully saturated rings. The SMILES string of the molecule is CC(C)Cc1ccc(C(=O)c2cccc(Cl)c2N)cc1. The number of ketones is 1. The van der Waals surface area contributed by atoms with E-state index in [1.807, 2.05) is 24.3 Å². The minimum absolute atomic E-state index is 0.0962. The normalized spacial score (nSPS) is 10.8. The summed E-state index contributed by atoms with van der Waals surface area (Å²) in [7, 11) is 0. The van der Waals surface area contributed by atoms with Crippen molar-refractivity contribution >= 4 is 23.1 Å². The number of nitrogens with two attached hydrogens (primary N) is 1. The lowest BCUT2D eigenvalue weighted by Gasteiger charge is -2.08. The summed E-state index contributed by atoms with van der Waals surface area (Å²) < 4.78 is 0. The molecular formula is C17H18ClNO. The predicted molar refractivity (Wildman–Crippen MR) is 84.3 cm³/mol. The molecule has 104 valence electrons. The summed E-state index contributed by atoms with van der Waals surface area (Å²) in [6, 6.07) is 12.8. The summed E-state index contributed by atoms with van der Waals surface area (Å²) in [5.74, 6) is 0.501. The largest absolute Gasteiger partial charge is 0.397 e. The van der Waals surface area contributed by atoms with Crippen molar-refractivity contribution in [1.82, 2.24) is 0 Å². The van der Waals surface area contributed by atoms with Crippen molar-refractivity contribution in [3.63, 3.8) is 0 Å². The summed E-state index contributed by atoms with van der Waals surface area (Å²) in [6.07, 6.45) is 1.01. The van der Waals surface area contributed by atoms with Crippen molar-refractivity contribution < 1.29 is 4.79 Å². The smallest absolute Gasteiger partial charge is 0.195 e. The number of halogens is 1. The standard InChI is InChI=1S/C17H18ClNO/c1-11(2)10-12-6-8-13(9-7-12)17(20)14-4-3-5-15(18)16(14)19/h3-9,11H,10,19H2,1-2H3. The van der Waals surface area contributed by atoms with Crippen molar-refractivity contribution in [2.45, 2.75) is 20.3 Å². The van der Waals surface area contributed by atoms with Gasteiger partial charge in [0, 0.05) is 11.1 Å². The number of hydrogen-bond acceptors (Lipinski definition) is 2. The summed E-state index contributed by atoms with van der Waals surface area (Å²) in [4.78, 5) is 12.4. The second-order valence-electron chi connectivity index (χ2n) is 5.33. The molecule has 2 aromatic carbocycles. The first-order valence-corrected chi connectivity index (χ1v) is 7.04. The second kappa shape index (κ2) is 6.10. The van der Waals surface area contributed by atoms with Gasteiger partial charge in [-0.05, 0) is 30.0 Å². The van der Waals surface area contributed by atoms with Gasteiger partial charge in [0.1, 0.15) is 0 Å². The van der Waals surface area contributed by atoms with Crippen LogP contribution < -0.4 is 5.73 Å². The van der Waals surface area contributed by atoms with Crippen molar-refractivity contribution in [3.05, 3.63) is 64.2 Å². The summed E-state index contributed by atoms with van der Waals surface area (Å²) in [5, 5.41) is 0.410. The van der Waals surface area contributed by atoms with E-state index in [1.54, 1.807) is 18.2 Å². The molecule has 0 radical (unpaired) electrons. The summed E-state index contributed by atoms with van der Waals surface area (Å²) >= 11 is 5.95. The zero-order chi connectivity index (χ0) is 14.7. The molecule has 0 spiro atoms. The molecule has 3 heteroatoms. The van der Waals surface area contributed by atoms with Crippen LogP contribution in [0.1, 0.15) is 35.3 Å². The molecule has 0 aliphatic rings. The fourth-order valence-electron chi connectivity index (χ4n) is 2.15. The van der Waals surface area contributed by atoms with Gasteiger partial charge >= 0.3 is 0 Å². The van der Waals surface area contributed by atoms with Gasteiger partial charge in [-0.15, -0.1) is 0 Å². The van der Waals surface area contributed by atoms with Crippen LogP contribution in [0.4, 0.5) is 5.69 Å². The van der Waals surface area contributed by atoms with E-state index in [-0.39, 0.29) is 5.78 Å². The average Bonchev–Trinajstić information content (AvgIpc) is 2.41. The maximum Gasteiger partial charge on any atom is 0.195 e. The highest BCUT2D eigenvalue weighted by atomic mass is 35.5. The van der Waals surface area contributed by atoms with E-state index in [2.05, 4.69) is 13.8 Å². The van der Waals surface area contributed by atoms with Crippen LogP contribution in [0.3, 0.4) is 0 Å². The van der Waals surface area contributed by atoms with Gasteiger partial charge < -0.3 is 5.73 Å². The topological polar surface area (TPSA) is 43.1 Å². The molecule has 0 saturated heterocycles. The third-order valence-corrected chi connectivity index (χ3v) is 3.49. The van der Waals surface area contributed by atoms with Gasteiger partial charge in [0.05, 0.1) is 10.7 Å². The Morgan fingerprint density at radius 3 is 2.40 bits per heavy atom. The molecule has 0 heterocycles. The minimum Gasteiger partial charge on any atom is -0.397 e. The Morgan fingerprint density at radius 2 is 1.80 bits per heavy atom. The maximum atomic E-state index is 12.4. The Bertz CT molecular complexity index is 617. The molecule has 0 atom stereocenters. The van der Waals surface area contributed by atoms with Gasteiger partial charge in [0.25, 0.3) is 0 Å². The van der Waals surface area contributed by atoms with Gasteiger partial charge in [0.2, 0.25) is 0 Å². The van der Waals surface area contributed by atoms with Crippen LogP contribution in [-0.4, -0.2) is 5.78 Å². The second-order valence-corrected chi connectivity index (χ2v) is 5.73. The highest BCUT2D eigenvalue weighted by molar-refractivity contribution is 6.34. The quantitative estimate of drug-likeness (QED) is 0.671. The molecule has 2 nitrogen and oxygen atoms in total. The zero-order valence-corrected chi connectivity index (χ0v) is 12.4. The molecule has 0 aromatic heterocycles. The zero-order valence-electron chi connectivity index (χ0n) is 11.7.